The monoisotopic (exact) mass is 535 g/mol. The zero-order valence-corrected chi connectivity index (χ0v) is 21.1. The van der Waals surface area contributed by atoms with Crippen LogP contribution in [0.4, 0.5) is 5.69 Å². The normalized spacial score (nSPS) is 17.8. The maximum absolute atomic E-state index is 12.4. The Kier molecular flexibility index (Phi) is 6.63. The molecule has 0 fully saturated rings. The van der Waals surface area contributed by atoms with E-state index < -0.39 is 0 Å². The van der Waals surface area contributed by atoms with Crippen LogP contribution in [0.2, 0.25) is 0 Å². The fourth-order valence-electron chi connectivity index (χ4n) is 4.31. The van der Waals surface area contributed by atoms with Gasteiger partial charge in [-0.1, -0.05) is 6.92 Å². The first-order chi connectivity index (χ1) is 14.0. The van der Waals surface area contributed by atoms with Gasteiger partial charge >= 0.3 is 0 Å². The minimum Gasteiger partial charge on any atom is -0.506 e. The summed E-state index contributed by atoms with van der Waals surface area (Å²) in [5.74, 6) is 0.153. The number of aromatic hydroxyl groups is 1. The molecule has 5 nitrogen and oxygen atoms in total. The van der Waals surface area contributed by atoms with Crippen LogP contribution in [0.15, 0.2) is 38.3 Å². The summed E-state index contributed by atoms with van der Waals surface area (Å²) in [5.41, 5.74) is 7.80. The van der Waals surface area contributed by atoms with Gasteiger partial charge in [-0.15, -0.1) is 0 Å². The molecule has 7 heteroatoms. The van der Waals surface area contributed by atoms with Crippen LogP contribution in [0.1, 0.15) is 67.1 Å². The molecule has 30 heavy (non-hydrogen) atoms. The van der Waals surface area contributed by atoms with Gasteiger partial charge in [0.05, 0.1) is 15.2 Å². The first-order valence-corrected chi connectivity index (χ1v) is 11.6. The van der Waals surface area contributed by atoms with Crippen LogP contribution in [-0.2, 0) is 0 Å². The Labute approximate surface area is 194 Å². The highest BCUT2D eigenvalue weighted by molar-refractivity contribution is 9.11. The van der Waals surface area contributed by atoms with E-state index in [1.807, 2.05) is 0 Å². The minimum absolute atomic E-state index is 0.0538. The summed E-state index contributed by atoms with van der Waals surface area (Å²) in [5, 5.41) is 14.0. The van der Waals surface area contributed by atoms with E-state index in [2.05, 4.69) is 94.0 Å². The molecule has 0 aliphatic carbocycles. The van der Waals surface area contributed by atoms with Gasteiger partial charge in [0.2, 0.25) is 0 Å². The molecule has 1 amide bonds. The summed E-state index contributed by atoms with van der Waals surface area (Å²) in [4.78, 5) is 14.9. The molecule has 1 atom stereocenters. The van der Waals surface area contributed by atoms with Gasteiger partial charge in [-0.25, -0.2) is 5.43 Å². The number of aryl methyl sites for hydroxylation is 1. The number of carbonyl (C=O) groups excluding carboxylic acids is 1. The number of nitrogens with zero attached hydrogens (tertiary/aromatic N) is 2. The number of hydrogen-bond acceptors (Lipinski definition) is 4. The molecule has 0 spiro atoms. The smallest absolute Gasteiger partial charge is 0.271 e. The number of phenols is 1. The number of anilines is 1. The van der Waals surface area contributed by atoms with Crippen molar-refractivity contribution in [2.75, 3.05) is 11.4 Å². The van der Waals surface area contributed by atoms with E-state index in [0.717, 1.165) is 24.1 Å². The van der Waals surface area contributed by atoms with E-state index in [4.69, 9.17) is 0 Å². The number of carbonyl (C=O) groups is 1. The number of fused-ring (bicyclic) bond motifs is 1. The zero-order chi connectivity index (χ0) is 22.2. The first kappa shape index (κ1) is 22.8. The Hall–Kier alpha value is -1.86. The third-order valence-electron chi connectivity index (χ3n) is 5.74. The maximum Gasteiger partial charge on any atom is 0.271 e. The molecular formula is C23H27Br2N3O2. The fourth-order valence-corrected chi connectivity index (χ4v) is 5.50. The summed E-state index contributed by atoms with van der Waals surface area (Å²) in [6, 6.07) is 7.53. The predicted octanol–water partition coefficient (Wildman–Crippen LogP) is 6.10. The highest BCUT2D eigenvalue weighted by atomic mass is 79.9. The topological polar surface area (TPSA) is 64.9 Å². The number of amides is 1. The van der Waals surface area contributed by atoms with Gasteiger partial charge in [-0.2, -0.15) is 5.10 Å². The van der Waals surface area contributed by atoms with Gasteiger partial charge < -0.3 is 10.0 Å². The molecule has 0 aromatic heterocycles. The van der Waals surface area contributed by atoms with Crippen LogP contribution in [0.5, 0.6) is 5.75 Å². The van der Waals surface area contributed by atoms with Crippen molar-refractivity contribution in [2.24, 2.45) is 5.10 Å². The van der Waals surface area contributed by atoms with Gasteiger partial charge in [0, 0.05) is 23.3 Å². The number of hydrogen-bond donors (Lipinski definition) is 2. The molecular weight excluding hydrogens is 510 g/mol. The Morgan fingerprint density at radius 3 is 2.53 bits per heavy atom. The van der Waals surface area contributed by atoms with Crippen molar-refractivity contribution in [3.8, 4) is 5.75 Å². The van der Waals surface area contributed by atoms with E-state index in [1.165, 1.54) is 11.3 Å². The lowest BCUT2D eigenvalue weighted by Crippen LogP contribution is -2.48. The summed E-state index contributed by atoms with van der Waals surface area (Å²) >= 11 is 6.47. The Morgan fingerprint density at radius 1 is 1.30 bits per heavy atom. The molecule has 1 heterocycles. The molecule has 3 rings (SSSR count). The van der Waals surface area contributed by atoms with E-state index in [1.54, 1.807) is 18.3 Å². The van der Waals surface area contributed by atoms with Gasteiger partial charge in [0.25, 0.3) is 5.91 Å². The predicted molar refractivity (Wildman–Crippen MR) is 130 cm³/mol. The average molecular weight is 537 g/mol. The molecule has 2 aromatic carbocycles. The van der Waals surface area contributed by atoms with E-state index in [-0.39, 0.29) is 17.2 Å². The molecule has 1 aliphatic rings. The van der Waals surface area contributed by atoms with Crippen molar-refractivity contribution in [3.63, 3.8) is 0 Å². The highest BCUT2D eigenvalue weighted by Crippen LogP contribution is 2.44. The molecule has 0 bridgehead atoms. The van der Waals surface area contributed by atoms with Crippen LogP contribution in [0.3, 0.4) is 0 Å². The van der Waals surface area contributed by atoms with Crippen LogP contribution in [0.25, 0.3) is 0 Å². The molecule has 1 aliphatic heterocycles. The number of hydrazone groups is 1. The summed E-state index contributed by atoms with van der Waals surface area (Å²) < 4.78 is 0.878. The Bertz CT molecular complexity index is 995. The van der Waals surface area contributed by atoms with Gasteiger partial charge in [-0.3, -0.25) is 4.79 Å². The number of halogens is 2. The zero-order valence-electron chi connectivity index (χ0n) is 17.9. The van der Waals surface area contributed by atoms with Crippen molar-refractivity contribution in [1.82, 2.24) is 5.43 Å². The Morgan fingerprint density at radius 2 is 1.93 bits per heavy atom. The number of benzene rings is 2. The van der Waals surface area contributed by atoms with Crippen LogP contribution < -0.4 is 10.3 Å². The minimum atomic E-state index is -0.351. The molecule has 2 N–H and O–H groups in total. The molecule has 0 saturated heterocycles. The lowest BCUT2D eigenvalue weighted by molar-refractivity contribution is 0.0955. The lowest BCUT2D eigenvalue weighted by Gasteiger charge is -2.47. The second-order valence-corrected chi connectivity index (χ2v) is 10.1. The molecule has 0 saturated carbocycles. The summed E-state index contributed by atoms with van der Waals surface area (Å²) in [6.45, 7) is 12.1. The Balaban J connectivity index is 1.83. The quantitative estimate of drug-likeness (QED) is 0.366. The van der Waals surface area contributed by atoms with Gasteiger partial charge in [0.1, 0.15) is 5.75 Å². The van der Waals surface area contributed by atoms with Crippen LogP contribution >= 0.6 is 31.9 Å². The third kappa shape index (κ3) is 4.42. The van der Waals surface area contributed by atoms with E-state index in [9.17, 15) is 9.90 Å². The average Bonchev–Trinajstić information content (AvgIpc) is 2.66. The number of phenolic OH excluding ortho intramolecular Hbond substituents is 1. The highest BCUT2D eigenvalue weighted by Gasteiger charge is 2.35. The summed E-state index contributed by atoms with van der Waals surface area (Å²) in [7, 11) is 0. The van der Waals surface area contributed by atoms with Crippen LogP contribution in [0, 0.1) is 6.92 Å². The van der Waals surface area contributed by atoms with Gasteiger partial charge in [-0.05, 0) is 113 Å². The van der Waals surface area contributed by atoms with Crippen molar-refractivity contribution in [1.29, 1.82) is 0 Å². The second kappa shape index (κ2) is 8.71. The summed E-state index contributed by atoms with van der Waals surface area (Å²) in [6.07, 6.45) is 2.79. The van der Waals surface area contributed by atoms with Crippen molar-refractivity contribution >= 4 is 49.7 Å². The maximum atomic E-state index is 12.4. The first-order valence-electron chi connectivity index (χ1n) is 9.98. The van der Waals surface area contributed by atoms with Crippen molar-refractivity contribution in [2.45, 2.75) is 52.5 Å². The fraction of sp³-hybridized carbons (Fsp3) is 0.391. The largest absolute Gasteiger partial charge is 0.506 e. The molecule has 2 aromatic rings. The molecule has 160 valence electrons. The van der Waals surface area contributed by atoms with E-state index in [0.29, 0.717) is 20.4 Å². The molecule has 0 radical (unpaired) electrons. The number of nitrogens with one attached hydrogen (secondary N) is 1. The standard InChI is InChI=1S/C23H27Br2N3O2/c1-6-28-20-7-13(2)16(8-17(20)14(3)11-23(28,4)5)12-26-27-22(30)15-9-18(24)21(29)19(25)10-15/h7-10,12,14,29H,6,11H2,1-5H3,(H,27,30)/b26-12-. The number of rotatable bonds is 4. The van der Waals surface area contributed by atoms with Crippen molar-refractivity contribution in [3.05, 3.63) is 55.5 Å². The third-order valence-corrected chi connectivity index (χ3v) is 6.95. The van der Waals surface area contributed by atoms with E-state index >= 15 is 0 Å². The van der Waals surface area contributed by atoms with Crippen molar-refractivity contribution < 1.29 is 9.90 Å². The van der Waals surface area contributed by atoms with Gasteiger partial charge in [0.15, 0.2) is 0 Å². The van der Waals surface area contributed by atoms with Crippen LogP contribution in [-0.4, -0.2) is 29.3 Å². The second-order valence-electron chi connectivity index (χ2n) is 8.42. The SMILES string of the molecule is CCN1c2cc(C)c(/C=N\NC(=O)c3cc(Br)c(O)c(Br)c3)cc2C(C)CC1(C)C. The lowest BCUT2D eigenvalue weighted by atomic mass is 9.79. The molecule has 1 unspecified atom stereocenters.